The summed E-state index contributed by atoms with van der Waals surface area (Å²) in [6.45, 7) is 1.66. The molecule has 0 heterocycles. The zero-order valence-corrected chi connectivity index (χ0v) is 8.32. The molecule has 1 aromatic carbocycles. The number of ketones is 1. The van der Waals surface area contributed by atoms with Crippen LogP contribution in [0.15, 0.2) is 23.3 Å². The van der Waals surface area contributed by atoms with E-state index in [9.17, 15) is 4.79 Å². The first kappa shape index (κ1) is 10.6. The average molecular weight is 210 g/mol. The number of benzene rings is 1. The molecule has 0 saturated carbocycles. The minimum absolute atomic E-state index is 0.155. The van der Waals surface area contributed by atoms with Crippen LogP contribution >= 0.6 is 11.6 Å². The van der Waals surface area contributed by atoms with Gasteiger partial charge in [0.15, 0.2) is 5.78 Å². The van der Waals surface area contributed by atoms with Crippen molar-refractivity contribution in [2.45, 2.75) is 6.92 Å². The van der Waals surface area contributed by atoms with Crippen LogP contribution in [0.5, 0.6) is 0 Å². The molecular weight excluding hydrogens is 202 g/mol. The second-order valence-corrected chi connectivity index (χ2v) is 3.18. The normalized spacial score (nSPS) is 9.29. The van der Waals surface area contributed by atoms with Crippen molar-refractivity contribution in [2.24, 2.45) is 5.11 Å². The third-order valence-corrected chi connectivity index (χ3v) is 2.18. The van der Waals surface area contributed by atoms with Crippen LogP contribution in [0.25, 0.3) is 10.4 Å². The second-order valence-electron chi connectivity index (χ2n) is 2.78. The van der Waals surface area contributed by atoms with E-state index >= 15 is 0 Å². The van der Waals surface area contributed by atoms with Crippen molar-refractivity contribution in [3.63, 3.8) is 0 Å². The Balaban J connectivity index is 2.91. The summed E-state index contributed by atoms with van der Waals surface area (Å²) in [4.78, 5) is 13.9. The summed E-state index contributed by atoms with van der Waals surface area (Å²) >= 11 is 5.80. The molecule has 0 amide bonds. The van der Waals surface area contributed by atoms with Gasteiger partial charge < -0.3 is 0 Å². The molecular formula is C9H8ClN3O. The Bertz CT molecular complexity index is 411. The Morgan fingerprint density at radius 2 is 2.36 bits per heavy atom. The molecule has 0 bridgehead atoms. The average Bonchev–Trinajstić information content (AvgIpc) is 2.18. The van der Waals surface area contributed by atoms with Gasteiger partial charge in [0, 0.05) is 15.5 Å². The molecule has 0 radical (unpaired) electrons. The fourth-order valence-electron chi connectivity index (χ4n) is 1.01. The largest absolute Gasteiger partial charge is 0.294 e. The fraction of sp³-hybridized carbons (Fsp3) is 0.222. The van der Waals surface area contributed by atoms with Crippen molar-refractivity contribution in [2.75, 3.05) is 6.54 Å². The van der Waals surface area contributed by atoms with E-state index in [1.807, 2.05) is 6.92 Å². The maximum Gasteiger partial charge on any atom is 0.168 e. The number of hydrogen-bond donors (Lipinski definition) is 0. The number of carbonyl (C=O) groups is 1. The molecule has 72 valence electrons. The molecule has 5 heteroatoms. The topological polar surface area (TPSA) is 65.8 Å². The van der Waals surface area contributed by atoms with Gasteiger partial charge in [-0.3, -0.25) is 4.79 Å². The van der Waals surface area contributed by atoms with Gasteiger partial charge in [-0.25, -0.2) is 0 Å². The smallest absolute Gasteiger partial charge is 0.168 e. The van der Waals surface area contributed by atoms with E-state index in [-0.39, 0.29) is 12.3 Å². The van der Waals surface area contributed by atoms with Gasteiger partial charge in [0.1, 0.15) is 0 Å². The lowest BCUT2D eigenvalue weighted by Gasteiger charge is -2.00. The van der Waals surface area contributed by atoms with Crippen molar-refractivity contribution < 1.29 is 4.79 Å². The predicted molar refractivity (Wildman–Crippen MR) is 54.5 cm³/mol. The Kier molecular flexibility index (Phi) is 3.51. The summed E-state index contributed by atoms with van der Waals surface area (Å²) in [5.41, 5.74) is 9.39. The molecule has 4 nitrogen and oxygen atoms in total. The van der Waals surface area contributed by atoms with E-state index in [1.54, 1.807) is 18.2 Å². The molecule has 1 rings (SSSR count). The Labute approximate surface area is 86.1 Å². The molecule has 0 aliphatic heterocycles. The molecule has 14 heavy (non-hydrogen) atoms. The summed E-state index contributed by atoms with van der Waals surface area (Å²) in [6.07, 6.45) is 0. The summed E-state index contributed by atoms with van der Waals surface area (Å²) in [7, 11) is 0. The van der Waals surface area contributed by atoms with Crippen LogP contribution in [0.1, 0.15) is 15.9 Å². The van der Waals surface area contributed by atoms with Crippen LogP contribution < -0.4 is 0 Å². The summed E-state index contributed by atoms with van der Waals surface area (Å²) in [6, 6.07) is 4.95. The predicted octanol–water partition coefficient (Wildman–Crippen LogP) is 3.14. The summed E-state index contributed by atoms with van der Waals surface area (Å²) in [5, 5.41) is 3.81. The van der Waals surface area contributed by atoms with Crippen molar-refractivity contribution in [3.8, 4) is 0 Å². The van der Waals surface area contributed by atoms with Crippen molar-refractivity contribution in [1.82, 2.24) is 0 Å². The molecule has 0 aliphatic carbocycles. The number of halogens is 1. The highest BCUT2D eigenvalue weighted by molar-refractivity contribution is 6.31. The van der Waals surface area contributed by atoms with Gasteiger partial charge in [-0.15, -0.1) is 0 Å². The molecule has 0 saturated heterocycles. The Morgan fingerprint density at radius 1 is 1.64 bits per heavy atom. The van der Waals surface area contributed by atoms with E-state index < -0.39 is 0 Å². The molecule has 0 spiro atoms. The number of hydrogen-bond acceptors (Lipinski definition) is 2. The van der Waals surface area contributed by atoms with Crippen LogP contribution in [0, 0.1) is 6.92 Å². The van der Waals surface area contributed by atoms with Crippen LogP contribution in [-0.4, -0.2) is 12.3 Å². The van der Waals surface area contributed by atoms with E-state index in [4.69, 9.17) is 17.1 Å². The molecule has 1 aromatic rings. The molecule has 0 aliphatic rings. The third kappa shape index (κ3) is 2.49. The maximum atomic E-state index is 11.4. The minimum atomic E-state index is -0.206. The number of rotatable bonds is 3. The highest BCUT2D eigenvalue weighted by atomic mass is 35.5. The monoisotopic (exact) mass is 209 g/mol. The lowest BCUT2D eigenvalue weighted by Crippen LogP contribution is -2.02. The molecule has 0 aromatic heterocycles. The Hall–Kier alpha value is -1.51. The highest BCUT2D eigenvalue weighted by Gasteiger charge is 2.05. The number of aryl methyl sites for hydroxylation is 1. The number of nitrogens with zero attached hydrogens (tertiary/aromatic N) is 3. The lowest BCUT2D eigenvalue weighted by atomic mass is 10.1. The van der Waals surface area contributed by atoms with Gasteiger partial charge in [0.25, 0.3) is 0 Å². The first-order valence-corrected chi connectivity index (χ1v) is 4.33. The maximum absolute atomic E-state index is 11.4. The van der Waals surface area contributed by atoms with Gasteiger partial charge in [-0.1, -0.05) is 16.7 Å². The minimum Gasteiger partial charge on any atom is -0.294 e. The van der Waals surface area contributed by atoms with Gasteiger partial charge >= 0.3 is 0 Å². The zero-order valence-electron chi connectivity index (χ0n) is 7.57. The molecule has 0 fully saturated rings. The zero-order chi connectivity index (χ0) is 10.6. The Morgan fingerprint density at radius 3 is 2.93 bits per heavy atom. The summed E-state index contributed by atoms with van der Waals surface area (Å²) in [5.74, 6) is -0.206. The summed E-state index contributed by atoms with van der Waals surface area (Å²) < 4.78 is 0. The standard InChI is InChI=1S/C9H8ClN3O/c1-6-4-7(2-3-8(6)10)9(14)5-12-13-11/h2-4H,5H2,1H3. The van der Waals surface area contributed by atoms with Crippen LogP contribution in [0.2, 0.25) is 5.02 Å². The van der Waals surface area contributed by atoms with Crippen molar-refractivity contribution in [1.29, 1.82) is 0 Å². The SMILES string of the molecule is Cc1cc(C(=O)CN=[N+]=[N-])ccc1Cl. The van der Waals surface area contributed by atoms with E-state index in [0.29, 0.717) is 10.6 Å². The number of carbonyl (C=O) groups excluding carboxylic acids is 1. The van der Waals surface area contributed by atoms with E-state index in [0.717, 1.165) is 5.56 Å². The second kappa shape index (κ2) is 4.65. The van der Waals surface area contributed by atoms with Crippen molar-refractivity contribution in [3.05, 3.63) is 44.8 Å². The highest BCUT2D eigenvalue weighted by Crippen LogP contribution is 2.16. The van der Waals surface area contributed by atoms with E-state index in [2.05, 4.69) is 10.0 Å². The van der Waals surface area contributed by atoms with Gasteiger partial charge in [-0.05, 0) is 36.2 Å². The molecule has 0 atom stereocenters. The van der Waals surface area contributed by atoms with Gasteiger partial charge in [0.2, 0.25) is 0 Å². The van der Waals surface area contributed by atoms with Crippen molar-refractivity contribution >= 4 is 17.4 Å². The fourth-order valence-corrected chi connectivity index (χ4v) is 1.12. The van der Waals surface area contributed by atoms with E-state index in [1.165, 1.54) is 0 Å². The first-order chi connectivity index (χ1) is 6.65. The number of Topliss-reactive ketones (excluding diaryl/α,β-unsaturated/α-hetero) is 1. The van der Waals surface area contributed by atoms with Gasteiger partial charge in [-0.2, -0.15) is 0 Å². The first-order valence-electron chi connectivity index (χ1n) is 3.95. The lowest BCUT2D eigenvalue weighted by molar-refractivity contribution is 0.100. The third-order valence-electron chi connectivity index (χ3n) is 1.76. The van der Waals surface area contributed by atoms with Gasteiger partial charge in [0.05, 0.1) is 6.54 Å². The quantitative estimate of drug-likeness (QED) is 0.326. The number of azide groups is 1. The molecule has 0 unspecified atom stereocenters. The van der Waals surface area contributed by atoms with Crippen LogP contribution in [0.4, 0.5) is 0 Å². The molecule has 0 N–H and O–H groups in total. The van der Waals surface area contributed by atoms with Crippen LogP contribution in [-0.2, 0) is 0 Å². The van der Waals surface area contributed by atoms with Crippen LogP contribution in [0.3, 0.4) is 0 Å².